The van der Waals surface area contributed by atoms with E-state index in [2.05, 4.69) is 33.0 Å². The molecule has 0 bridgehead atoms. The van der Waals surface area contributed by atoms with Gasteiger partial charge in [-0.25, -0.2) is 4.79 Å². The number of nitrogens with zero attached hydrogens (tertiary/aromatic N) is 1. The molecule has 0 fully saturated rings. The number of anilines is 3. The lowest BCUT2D eigenvalue weighted by Crippen LogP contribution is -2.36. The topological polar surface area (TPSA) is 73.5 Å². The van der Waals surface area contributed by atoms with Crippen LogP contribution in [0.3, 0.4) is 0 Å². The van der Waals surface area contributed by atoms with Crippen LogP contribution in [-0.4, -0.2) is 24.5 Å². The molecule has 194 valence electrons. The molecule has 0 aliphatic carbocycles. The van der Waals surface area contributed by atoms with Crippen molar-refractivity contribution in [3.8, 4) is 0 Å². The van der Waals surface area contributed by atoms with Gasteiger partial charge in [0.1, 0.15) is 0 Å². The number of hydrogen-bond acceptors (Lipinski definition) is 3. The highest BCUT2D eigenvalue weighted by Gasteiger charge is 2.33. The van der Waals surface area contributed by atoms with Crippen LogP contribution >= 0.6 is 0 Å². The monoisotopic (exact) mass is 510 g/mol. The number of alkyl halides is 3. The molecule has 3 aromatic carbocycles. The molecule has 3 aromatic rings. The fourth-order valence-electron chi connectivity index (χ4n) is 4.30. The van der Waals surface area contributed by atoms with Crippen LogP contribution in [0.2, 0.25) is 0 Å². The Morgan fingerprint density at radius 3 is 2.41 bits per heavy atom. The average molecular weight is 511 g/mol. The Kier molecular flexibility index (Phi) is 7.71. The maximum absolute atomic E-state index is 13.3. The second-order valence-electron chi connectivity index (χ2n) is 9.08. The van der Waals surface area contributed by atoms with Gasteiger partial charge in [0.2, 0.25) is 0 Å². The van der Waals surface area contributed by atoms with Crippen molar-refractivity contribution in [3.63, 3.8) is 0 Å². The Labute approximate surface area is 213 Å². The summed E-state index contributed by atoms with van der Waals surface area (Å²) in [5, 5.41) is 7.80. The van der Waals surface area contributed by atoms with E-state index < -0.39 is 17.8 Å². The Morgan fingerprint density at radius 2 is 1.68 bits per heavy atom. The van der Waals surface area contributed by atoms with Gasteiger partial charge in [-0.2, -0.15) is 13.2 Å². The summed E-state index contributed by atoms with van der Waals surface area (Å²) in [5.41, 5.74) is 2.56. The second kappa shape index (κ2) is 10.9. The summed E-state index contributed by atoms with van der Waals surface area (Å²) in [4.78, 5) is 27.9. The summed E-state index contributed by atoms with van der Waals surface area (Å²) in [6, 6.07) is 17.0. The smallest absolute Gasteiger partial charge is 0.366 e. The molecule has 1 heterocycles. The molecule has 6 nitrogen and oxygen atoms in total. The SMILES string of the molecule is CCC(C)NC(=O)c1cc(NC(=O)Nc2ccccc2C(F)(F)F)ccc1N1CCc2ccccc2C1. The molecular formula is C28H29F3N4O2. The van der Waals surface area contributed by atoms with Crippen LogP contribution in [0, 0.1) is 0 Å². The van der Waals surface area contributed by atoms with Crippen LogP contribution in [0.5, 0.6) is 0 Å². The third-order valence-corrected chi connectivity index (χ3v) is 6.44. The van der Waals surface area contributed by atoms with Crippen molar-refractivity contribution in [1.29, 1.82) is 0 Å². The zero-order valence-corrected chi connectivity index (χ0v) is 20.7. The largest absolute Gasteiger partial charge is 0.418 e. The van der Waals surface area contributed by atoms with Gasteiger partial charge in [0, 0.05) is 30.5 Å². The minimum Gasteiger partial charge on any atom is -0.366 e. The minimum absolute atomic E-state index is 0.0544. The maximum atomic E-state index is 13.3. The number of para-hydroxylation sites is 1. The highest BCUT2D eigenvalue weighted by molar-refractivity contribution is 6.04. The molecule has 1 aliphatic heterocycles. The normalized spacial score (nSPS) is 13.9. The zero-order chi connectivity index (χ0) is 26.6. The third-order valence-electron chi connectivity index (χ3n) is 6.44. The van der Waals surface area contributed by atoms with E-state index in [0.29, 0.717) is 12.1 Å². The number of carbonyl (C=O) groups excluding carboxylic acids is 2. The van der Waals surface area contributed by atoms with E-state index in [1.165, 1.54) is 29.3 Å². The van der Waals surface area contributed by atoms with Crippen LogP contribution in [0.25, 0.3) is 0 Å². The van der Waals surface area contributed by atoms with Crippen LogP contribution < -0.4 is 20.9 Å². The van der Waals surface area contributed by atoms with Crippen molar-refractivity contribution >= 4 is 29.0 Å². The number of amides is 3. The first-order valence-corrected chi connectivity index (χ1v) is 12.2. The number of hydrogen-bond donors (Lipinski definition) is 3. The van der Waals surface area contributed by atoms with Gasteiger partial charge in [-0.1, -0.05) is 43.3 Å². The molecule has 37 heavy (non-hydrogen) atoms. The molecule has 4 rings (SSSR count). The predicted molar refractivity (Wildman–Crippen MR) is 139 cm³/mol. The standard InChI is InChI=1S/C28H29F3N4O2/c1-3-18(2)32-26(36)22-16-21(33-27(37)34-24-11-7-6-10-23(24)28(29,30)31)12-13-25(22)35-15-14-19-8-4-5-9-20(19)17-35/h4-13,16,18H,3,14-15,17H2,1-2H3,(H,32,36)(H2,33,34,37). The Hall–Kier alpha value is -4.01. The van der Waals surface area contributed by atoms with Gasteiger partial charge in [0.15, 0.2) is 0 Å². The number of carbonyl (C=O) groups is 2. The van der Waals surface area contributed by atoms with E-state index in [0.717, 1.165) is 31.1 Å². The highest BCUT2D eigenvalue weighted by atomic mass is 19.4. The average Bonchev–Trinajstić information content (AvgIpc) is 2.88. The van der Waals surface area contributed by atoms with Gasteiger partial charge < -0.3 is 20.9 Å². The van der Waals surface area contributed by atoms with E-state index in [1.54, 1.807) is 18.2 Å². The van der Waals surface area contributed by atoms with Gasteiger partial charge in [-0.05, 0) is 61.2 Å². The van der Waals surface area contributed by atoms with E-state index in [-0.39, 0.29) is 23.3 Å². The first-order valence-electron chi connectivity index (χ1n) is 12.2. The molecule has 0 saturated heterocycles. The molecule has 1 aliphatic rings. The Balaban J connectivity index is 1.59. The van der Waals surface area contributed by atoms with Crippen molar-refractivity contribution in [3.05, 3.63) is 89.0 Å². The molecule has 9 heteroatoms. The molecule has 1 unspecified atom stereocenters. The Morgan fingerprint density at radius 1 is 0.973 bits per heavy atom. The summed E-state index contributed by atoms with van der Waals surface area (Å²) in [5.74, 6) is -0.283. The summed E-state index contributed by atoms with van der Waals surface area (Å²) in [6.45, 7) is 5.24. The number of rotatable bonds is 6. The van der Waals surface area contributed by atoms with E-state index in [1.807, 2.05) is 26.0 Å². The van der Waals surface area contributed by atoms with Gasteiger partial charge in [0.05, 0.1) is 16.8 Å². The van der Waals surface area contributed by atoms with Gasteiger partial charge in [-0.3, -0.25) is 4.79 Å². The summed E-state index contributed by atoms with van der Waals surface area (Å²) < 4.78 is 39.9. The summed E-state index contributed by atoms with van der Waals surface area (Å²) >= 11 is 0. The van der Waals surface area contributed by atoms with Gasteiger partial charge >= 0.3 is 12.2 Å². The van der Waals surface area contributed by atoms with E-state index in [9.17, 15) is 22.8 Å². The van der Waals surface area contributed by atoms with Gasteiger partial charge in [0.25, 0.3) is 5.91 Å². The second-order valence-corrected chi connectivity index (χ2v) is 9.08. The fraction of sp³-hybridized carbons (Fsp3) is 0.286. The van der Waals surface area contributed by atoms with Crippen LogP contribution in [0.1, 0.15) is 47.3 Å². The predicted octanol–water partition coefficient (Wildman–Crippen LogP) is 6.44. The quantitative estimate of drug-likeness (QED) is 0.357. The van der Waals surface area contributed by atoms with Crippen molar-refractivity contribution in [2.75, 3.05) is 22.1 Å². The molecule has 0 spiro atoms. The summed E-state index contributed by atoms with van der Waals surface area (Å²) in [6.07, 6.45) is -3.03. The minimum atomic E-state index is -4.61. The highest BCUT2D eigenvalue weighted by Crippen LogP contribution is 2.35. The molecule has 3 N–H and O–H groups in total. The first kappa shape index (κ1) is 26.1. The number of benzene rings is 3. The molecule has 3 amide bonds. The lowest BCUT2D eigenvalue weighted by Gasteiger charge is -2.32. The van der Waals surface area contributed by atoms with Crippen molar-refractivity contribution in [2.45, 2.75) is 45.5 Å². The number of nitrogens with one attached hydrogen (secondary N) is 3. The van der Waals surface area contributed by atoms with Crippen LogP contribution in [0.15, 0.2) is 66.7 Å². The number of fused-ring (bicyclic) bond motifs is 1. The molecule has 0 saturated carbocycles. The van der Waals surface area contributed by atoms with E-state index >= 15 is 0 Å². The number of urea groups is 1. The molecular weight excluding hydrogens is 481 g/mol. The van der Waals surface area contributed by atoms with Crippen molar-refractivity contribution in [2.24, 2.45) is 0 Å². The third kappa shape index (κ3) is 6.22. The first-order chi connectivity index (χ1) is 17.7. The van der Waals surface area contributed by atoms with Crippen LogP contribution in [0.4, 0.5) is 35.0 Å². The summed E-state index contributed by atoms with van der Waals surface area (Å²) in [7, 11) is 0. The number of halogens is 3. The van der Waals surface area contributed by atoms with Crippen molar-refractivity contribution in [1.82, 2.24) is 5.32 Å². The lowest BCUT2D eigenvalue weighted by molar-refractivity contribution is -0.136. The van der Waals surface area contributed by atoms with Crippen LogP contribution in [-0.2, 0) is 19.1 Å². The fourth-order valence-corrected chi connectivity index (χ4v) is 4.30. The lowest BCUT2D eigenvalue weighted by atomic mass is 9.98. The molecule has 0 radical (unpaired) electrons. The maximum Gasteiger partial charge on any atom is 0.418 e. The molecule has 1 atom stereocenters. The van der Waals surface area contributed by atoms with Crippen molar-refractivity contribution < 1.29 is 22.8 Å². The van der Waals surface area contributed by atoms with Gasteiger partial charge in [-0.15, -0.1) is 0 Å². The zero-order valence-electron chi connectivity index (χ0n) is 20.7. The Bertz CT molecular complexity index is 1290. The van der Waals surface area contributed by atoms with E-state index in [4.69, 9.17) is 0 Å². The molecule has 0 aromatic heterocycles.